The summed E-state index contributed by atoms with van der Waals surface area (Å²) < 4.78 is 0.581. The van der Waals surface area contributed by atoms with Crippen molar-refractivity contribution in [2.24, 2.45) is 0 Å². The molecule has 0 saturated heterocycles. The molecule has 3 nitrogen and oxygen atoms in total. The first-order chi connectivity index (χ1) is 11.8. The van der Waals surface area contributed by atoms with Crippen molar-refractivity contribution in [3.05, 3.63) is 0 Å². The summed E-state index contributed by atoms with van der Waals surface area (Å²) in [6.45, 7) is 4.05. The highest BCUT2D eigenvalue weighted by atomic mass is 31.2. The predicted molar refractivity (Wildman–Crippen MR) is 114 cm³/mol. The number of rotatable bonds is 17. The van der Waals surface area contributed by atoms with Crippen molar-refractivity contribution in [1.82, 2.24) is 0 Å². The fraction of sp³-hybridized carbons (Fsp3) is 0.857. The summed E-state index contributed by atoms with van der Waals surface area (Å²) >= 11 is 0. The molecule has 0 aromatic carbocycles. The van der Waals surface area contributed by atoms with Crippen LogP contribution in [0, 0.1) is 12.5 Å². The number of nitrogens with zero attached hydrogens (tertiary/aromatic N) is 1. The Morgan fingerprint density at radius 1 is 0.800 bits per heavy atom. The number of hydrogen-bond donors (Lipinski definition) is 2. The van der Waals surface area contributed by atoms with E-state index < -0.39 is 7.34 Å². The molecular formula is C21H43NO2P+. The molecule has 0 radical (unpaired) electrons. The largest absolute Gasteiger partial charge is 0.353 e. The van der Waals surface area contributed by atoms with E-state index in [1.807, 2.05) is 0 Å². The van der Waals surface area contributed by atoms with Crippen LogP contribution in [0.1, 0.15) is 90.4 Å². The zero-order chi connectivity index (χ0) is 19.0. The van der Waals surface area contributed by atoms with Gasteiger partial charge < -0.3 is 9.79 Å². The molecule has 0 fully saturated rings. The van der Waals surface area contributed by atoms with E-state index in [4.69, 9.17) is 6.42 Å². The third kappa shape index (κ3) is 16.9. The van der Waals surface area contributed by atoms with Crippen molar-refractivity contribution in [3.63, 3.8) is 0 Å². The average Bonchev–Trinajstić information content (AvgIpc) is 2.54. The van der Waals surface area contributed by atoms with E-state index in [1.165, 1.54) is 70.6 Å². The molecule has 0 aliphatic rings. The lowest BCUT2D eigenvalue weighted by molar-refractivity contribution is -0.843. The lowest BCUT2D eigenvalue weighted by atomic mass is 10.1. The van der Waals surface area contributed by atoms with Crippen molar-refractivity contribution in [2.75, 3.05) is 26.3 Å². The Bertz CT molecular complexity index is 399. The van der Waals surface area contributed by atoms with Crippen LogP contribution in [0.5, 0.6) is 0 Å². The second-order valence-corrected chi connectivity index (χ2v) is 10.0. The van der Waals surface area contributed by atoms with E-state index in [9.17, 15) is 9.79 Å². The summed E-state index contributed by atoms with van der Waals surface area (Å²) in [6, 6.07) is 2.87. The fourth-order valence-electron chi connectivity index (χ4n) is 3.22. The van der Waals surface area contributed by atoms with Crippen LogP contribution in [0.15, 0.2) is 0 Å². The third-order valence-electron chi connectivity index (χ3n) is 4.98. The molecule has 0 aliphatic heterocycles. The summed E-state index contributed by atoms with van der Waals surface area (Å²) in [4.78, 5) is 18.7. The highest BCUT2D eigenvalue weighted by Crippen LogP contribution is 2.34. The minimum Gasteiger partial charge on any atom is -0.353 e. The molecule has 0 saturated carbocycles. The number of terminal acetylenes is 1. The Balaban J connectivity index is 3.55. The second kappa shape index (κ2) is 14.9. The second-order valence-electron chi connectivity index (χ2n) is 7.82. The molecule has 0 spiro atoms. The minimum absolute atomic E-state index is 0.376. The Hall–Kier alpha value is -0.260. The first-order valence-electron chi connectivity index (χ1n) is 10.3. The number of hydrogen-bond acceptors (Lipinski definition) is 2. The van der Waals surface area contributed by atoms with Crippen LogP contribution in [-0.2, 0) is 0 Å². The Labute approximate surface area is 157 Å². The lowest BCUT2D eigenvalue weighted by Gasteiger charge is -2.27. The summed E-state index contributed by atoms with van der Waals surface area (Å²) in [5, 5.41) is 0. The molecule has 0 aromatic rings. The summed E-state index contributed by atoms with van der Waals surface area (Å²) in [5.74, 6) is 0. The average molecular weight is 373 g/mol. The quantitative estimate of drug-likeness (QED) is 0.156. The van der Waals surface area contributed by atoms with Crippen LogP contribution in [-0.4, -0.2) is 46.9 Å². The first-order valence-corrected chi connectivity index (χ1v) is 12.4. The summed E-state index contributed by atoms with van der Waals surface area (Å²) in [7, 11) is -0.833. The topological polar surface area (TPSA) is 40.5 Å². The van der Waals surface area contributed by atoms with Crippen molar-refractivity contribution in [2.45, 2.75) is 90.4 Å². The van der Waals surface area contributed by atoms with Gasteiger partial charge in [0, 0.05) is 12.6 Å². The van der Waals surface area contributed by atoms with E-state index in [0.717, 1.165) is 25.9 Å². The van der Waals surface area contributed by atoms with Crippen molar-refractivity contribution in [1.29, 1.82) is 0 Å². The van der Waals surface area contributed by atoms with Gasteiger partial charge in [-0.3, -0.25) is 0 Å². The first kappa shape index (κ1) is 24.7. The van der Waals surface area contributed by atoms with E-state index in [0.29, 0.717) is 10.6 Å². The van der Waals surface area contributed by atoms with Gasteiger partial charge >= 0.3 is 0 Å². The molecule has 25 heavy (non-hydrogen) atoms. The fourth-order valence-corrected chi connectivity index (χ4v) is 3.86. The molecule has 0 aliphatic carbocycles. The molecule has 0 bridgehead atoms. The van der Waals surface area contributed by atoms with Gasteiger partial charge in [-0.2, -0.15) is 0 Å². The number of unbranched alkanes of at least 4 members (excludes halogenated alkanes) is 11. The minimum atomic E-state index is -2.90. The maximum absolute atomic E-state index is 9.37. The van der Waals surface area contributed by atoms with E-state index in [1.54, 1.807) is 0 Å². The van der Waals surface area contributed by atoms with Crippen molar-refractivity contribution < 1.29 is 14.3 Å². The lowest BCUT2D eigenvalue weighted by Crippen LogP contribution is -2.40. The molecule has 4 heteroatoms. The normalized spacial score (nSPS) is 14.2. The standard InChI is InChI=1S/C21H43NO2P/c1-5-7-8-9-10-11-12-13-14-15-16-17-19-22(3,6-2)20-18-21-25(4,23)24/h2,23-24H,4-5,7-21H2,1,3H3/q+1. The van der Waals surface area contributed by atoms with Crippen LogP contribution < -0.4 is 0 Å². The molecule has 0 amide bonds. The monoisotopic (exact) mass is 372 g/mol. The van der Waals surface area contributed by atoms with Gasteiger partial charge in [0.05, 0.1) is 20.1 Å². The van der Waals surface area contributed by atoms with Gasteiger partial charge in [0.1, 0.15) is 13.4 Å². The summed E-state index contributed by atoms with van der Waals surface area (Å²) in [5.41, 5.74) is 0. The van der Waals surface area contributed by atoms with Crippen LogP contribution in [0.25, 0.3) is 0 Å². The molecule has 0 rings (SSSR count). The molecule has 0 heterocycles. The molecule has 1 atom stereocenters. The third-order valence-corrected chi connectivity index (χ3v) is 6.02. The zero-order valence-electron chi connectivity index (χ0n) is 16.9. The van der Waals surface area contributed by atoms with E-state index in [2.05, 4.69) is 26.3 Å². The smallest absolute Gasteiger partial charge is 0.133 e. The van der Waals surface area contributed by atoms with Crippen molar-refractivity contribution >= 4 is 13.6 Å². The maximum Gasteiger partial charge on any atom is 0.133 e. The Kier molecular flexibility index (Phi) is 14.7. The van der Waals surface area contributed by atoms with Crippen LogP contribution in [0.4, 0.5) is 0 Å². The Morgan fingerprint density at radius 2 is 1.20 bits per heavy atom. The van der Waals surface area contributed by atoms with Crippen LogP contribution >= 0.6 is 7.34 Å². The summed E-state index contributed by atoms with van der Waals surface area (Å²) in [6.07, 6.45) is 26.4. The van der Waals surface area contributed by atoms with E-state index >= 15 is 0 Å². The van der Waals surface area contributed by atoms with Gasteiger partial charge in [-0.25, -0.2) is 4.48 Å². The Morgan fingerprint density at radius 3 is 1.60 bits per heavy atom. The molecule has 2 N–H and O–H groups in total. The van der Waals surface area contributed by atoms with Gasteiger partial charge in [-0.05, 0) is 12.8 Å². The van der Waals surface area contributed by atoms with E-state index in [-0.39, 0.29) is 0 Å². The van der Waals surface area contributed by atoms with Crippen molar-refractivity contribution in [3.8, 4) is 12.5 Å². The molecule has 148 valence electrons. The van der Waals surface area contributed by atoms with Gasteiger partial charge in [0.15, 0.2) is 0 Å². The van der Waals surface area contributed by atoms with Gasteiger partial charge in [0.2, 0.25) is 0 Å². The van der Waals surface area contributed by atoms with Crippen LogP contribution in [0.3, 0.4) is 0 Å². The van der Waals surface area contributed by atoms with Crippen LogP contribution in [0.2, 0.25) is 0 Å². The van der Waals surface area contributed by atoms with Gasteiger partial charge in [-0.1, -0.05) is 83.9 Å². The zero-order valence-corrected chi connectivity index (χ0v) is 17.8. The SMILES string of the molecule is C#C[N+](C)(CCCCCCCCCCCCCC)CCCP(=C)(O)O. The van der Waals surface area contributed by atoms with Gasteiger partial charge in [0.25, 0.3) is 0 Å². The maximum atomic E-state index is 9.37. The highest BCUT2D eigenvalue weighted by Gasteiger charge is 2.19. The molecule has 0 aromatic heterocycles. The van der Waals surface area contributed by atoms with Gasteiger partial charge in [-0.15, -0.1) is 0 Å². The molecular weight excluding hydrogens is 329 g/mol. The highest BCUT2D eigenvalue weighted by molar-refractivity contribution is 7.62. The molecule has 1 unspecified atom stereocenters. The predicted octanol–water partition coefficient (Wildman–Crippen LogP) is 5.38. The number of quaternary nitrogens is 1.